The molecule has 0 heterocycles. The molecule has 0 aromatic rings. The van der Waals surface area contributed by atoms with Gasteiger partial charge in [-0.05, 0) is 13.0 Å². The van der Waals surface area contributed by atoms with Crippen molar-refractivity contribution < 1.29 is 14.3 Å². The Kier molecular flexibility index (Phi) is 5.77. The number of carbonyl (C=O) groups excluding carboxylic acids is 1. The molecule has 0 rings (SSSR count). The molecule has 0 bridgehead atoms. The van der Waals surface area contributed by atoms with Crippen LogP contribution in [-0.4, -0.2) is 26.1 Å². The third kappa shape index (κ3) is 5.31. The summed E-state index contributed by atoms with van der Waals surface area (Å²) in [6, 6.07) is 0. The Labute approximate surface area is 60.6 Å². The highest BCUT2D eigenvalue weighted by Crippen LogP contribution is 1.90. The molecule has 0 aliphatic heterocycles. The second-order valence-electron chi connectivity index (χ2n) is 1.77. The fraction of sp³-hybridized carbons (Fsp3) is 0.571. The maximum absolute atomic E-state index is 9.80. The van der Waals surface area contributed by atoms with Crippen LogP contribution in [0.1, 0.15) is 6.92 Å². The fourth-order valence-corrected chi connectivity index (χ4v) is 0.436. The zero-order chi connectivity index (χ0) is 7.82. The van der Waals surface area contributed by atoms with E-state index in [9.17, 15) is 4.79 Å². The van der Waals surface area contributed by atoms with Crippen LogP contribution >= 0.6 is 0 Å². The lowest BCUT2D eigenvalue weighted by Gasteiger charge is -2.03. The second kappa shape index (κ2) is 6.29. The van der Waals surface area contributed by atoms with Gasteiger partial charge in [0.25, 0.3) is 0 Å². The van der Waals surface area contributed by atoms with E-state index in [1.54, 1.807) is 13.2 Å². The van der Waals surface area contributed by atoms with Crippen LogP contribution in [0.2, 0.25) is 0 Å². The topological polar surface area (TPSA) is 35.5 Å². The van der Waals surface area contributed by atoms with Crippen molar-refractivity contribution in [3.8, 4) is 0 Å². The van der Waals surface area contributed by atoms with Gasteiger partial charge in [0.05, 0.1) is 19.5 Å². The van der Waals surface area contributed by atoms with Gasteiger partial charge < -0.3 is 14.3 Å². The van der Waals surface area contributed by atoms with Gasteiger partial charge in [-0.25, -0.2) is 0 Å². The number of aldehydes is 1. The summed E-state index contributed by atoms with van der Waals surface area (Å²) in [7, 11) is 1.56. The number of hydrogen-bond acceptors (Lipinski definition) is 3. The average molecular weight is 144 g/mol. The number of hydrogen-bond donors (Lipinski definition) is 0. The van der Waals surface area contributed by atoms with Gasteiger partial charge in [-0.1, -0.05) is 0 Å². The zero-order valence-electron chi connectivity index (χ0n) is 6.24. The van der Waals surface area contributed by atoms with Crippen LogP contribution in [0.25, 0.3) is 0 Å². The standard InChI is InChI=1S/C7H12O3/c1-7(3-5-9-2)10-6-4-8/h3-5,7H,6H2,1-2H3. The van der Waals surface area contributed by atoms with Crippen LogP contribution in [0, 0.1) is 0 Å². The van der Waals surface area contributed by atoms with Crippen LogP contribution in [-0.2, 0) is 14.3 Å². The normalized spacial score (nSPS) is 13.4. The van der Waals surface area contributed by atoms with Crippen molar-refractivity contribution in [3.63, 3.8) is 0 Å². The SMILES string of the molecule is COC=CC(C)OCC=O. The highest BCUT2D eigenvalue weighted by Gasteiger charge is 1.93. The van der Waals surface area contributed by atoms with E-state index < -0.39 is 0 Å². The summed E-state index contributed by atoms with van der Waals surface area (Å²) in [6.07, 6.45) is 3.90. The first-order valence-electron chi connectivity index (χ1n) is 3.06. The van der Waals surface area contributed by atoms with Gasteiger partial charge in [0.1, 0.15) is 12.9 Å². The number of carbonyl (C=O) groups is 1. The summed E-state index contributed by atoms with van der Waals surface area (Å²) < 4.78 is 9.60. The van der Waals surface area contributed by atoms with Gasteiger partial charge >= 0.3 is 0 Å². The molecule has 0 aromatic carbocycles. The molecular formula is C7H12O3. The number of methoxy groups -OCH3 is 1. The summed E-state index contributed by atoms with van der Waals surface area (Å²) in [6.45, 7) is 1.97. The lowest BCUT2D eigenvalue weighted by molar-refractivity contribution is -0.112. The minimum absolute atomic E-state index is 0.0647. The van der Waals surface area contributed by atoms with Crippen molar-refractivity contribution in [3.05, 3.63) is 12.3 Å². The van der Waals surface area contributed by atoms with Crippen LogP contribution in [0.4, 0.5) is 0 Å². The number of ether oxygens (including phenoxy) is 2. The predicted octanol–water partition coefficient (Wildman–Crippen LogP) is 0.750. The molecule has 10 heavy (non-hydrogen) atoms. The van der Waals surface area contributed by atoms with E-state index in [0.29, 0.717) is 0 Å². The van der Waals surface area contributed by atoms with E-state index >= 15 is 0 Å². The van der Waals surface area contributed by atoms with Gasteiger partial charge in [-0.2, -0.15) is 0 Å². The highest BCUT2D eigenvalue weighted by atomic mass is 16.5. The fourth-order valence-electron chi connectivity index (χ4n) is 0.436. The minimum atomic E-state index is -0.0647. The Morgan fingerprint density at radius 3 is 2.80 bits per heavy atom. The lowest BCUT2D eigenvalue weighted by atomic mass is 10.4. The van der Waals surface area contributed by atoms with E-state index in [4.69, 9.17) is 4.74 Å². The number of rotatable bonds is 5. The maximum Gasteiger partial charge on any atom is 0.145 e. The molecule has 0 aromatic heterocycles. The molecule has 3 heteroatoms. The highest BCUT2D eigenvalue weighted by molar-refractivity contribution is 5.50. The Bertz CT molecular complexity index is 109. The van der Waals surface area contributed by atoms with Gasteiger partial charge in [-0.15, -0.1) is 0 Å². The molecule has 0 fully saturated rings. The van der Waals surface area contributed by atoms with E-state index in [-0.39, 0.29) is 12.7 Å². The summed E-state index contributed by atoms with van der Waals surface area (Å²) in [5.41, 5.74) is 0. The summed E-state index contributed by atoms with van der Waals surface area (Å²) >= 11 is 0. The minimum Gasteiger partial charge on any atom is -0.505 e. The Hall–Kier alpha value is -0.830. The molecule has 0 aliphatic rings. The molecule has 3 nitrogen and oxygen atoms in total. The van der Waals surface area contributed by atoms with Crippen molar-refractivity contribution in [1.29, 1.82) is 0 Å². The molecule has 58 valence electrons. The summed E-state index contributed by atoms with van der Waals surface area (Å²) in [5, 5.41) is 0. The van der Waals surface area contributed by atoms with Crippen molar-refractivity contribution in [2.45, 2.75) is 13.0 Å². The van der Waals surface area contributed by atoms with Crippen LogP contribution in [0.3, 0.4) is 0 Å². The molecule has 0 saturated heterocycles. The Balaban J connectivity index is 3.32. The molecule has 0 amide bonds. The third-order valence-electron chi connectivity index (χ3n) is 0.913. The molecule has 0 aliphatic carbocycles. The van der Waals surface area contributed by atoms with E-state index in [1.807, 2.05) is 6.92 Å². The first-order valence-corrected chi connectivity index (χ1v) is 3.06. The van der Waals surface area contributed by atoms with Crippen LogP contribution in [0.15, 0.2) is 12.3 Å². The largest absolute Gasteiger partial charge is 0.505 e. The van der Waals surface area contributed by atoms with Gasteiger partial charge in [0.2, 0.25) is 0 Å². The molecule has 1 unspecified atom stereocenters. The van der Waals surface area contributed by atoms with E-state index in [0.717, 1.165) is 6.29 Å². The molecule has 0 N–H and O–H groups in total. The predicted molar refractivity (Wildman–Crippen MR) is 37.6 cm³/mol. The van der Waals surface area contributed by atoms with Crippen molar-refractivity contribution in [2.24, 2.45) is 0 Å². The average Bonchev–Trinajstić information content (AvgIpc) is 1.97. The van der Waals surface area contributed by atoms with E-state index in [2.05, 4.69) is 4.74 Å². The maximum atomic E-state index is 9.80. The quantitative estimate of drug-likeness (QED) is 0.422. The van der Waals surface area contributed by atoms with Gasteiger partial charge in [0.15, 0.2) is 0 Å². The lowest BCUT2D eigenvalue weighted by Crippen LogP contribution is -2.06. The Morgan fingerprint density at radius 2 is 2.30 bits per heavy atom. The molecule has 0 spiro atoms. The smallest absolute Gasteiger partial charge is 0.145 e. The van der Waals surface area contributed by atoms with Crippen LogP contribution < -0.4 is 0 Å². The summed E-state index contributed by atoms with van der Waals surface area (Å²) in [5.74, 6) is 0. The zero-order valence-corrected chi connectivity index (χ0v) is 6.24. The van der Waals surface area contributed by atoms with Crippen molar-refractivity contribution in [1.82, 2.24) is 0 Å². The van der Waals surface area contributed by atoms with Gasteiger partial charge in [-0.3, -0.25) is 0 Å². The Morgan fingerprint density at radius 1 is 1.60 bits per heavy atom. The molecule has 1 atom stereocenters. The monoisotopic (exact) mass is 144 g/mol. The molecular weight excluding hydrogens is 132 g/mol. The molecule has 0 radical (unpaired) electrons. The van der Waals surface area contributed by atoms with E-state index in [1.165, 1.54) is 6.26 Å². The first kappa shape index (κ1) is 9.17. The van der Waals surface area contributed by atoms with Gasteiger partial charge in [0, 0.05) is 0 Å². The van der Waals surface area contributed by atoms with Crippen LogP contribution in [0.5, 0.6) is 0 Å². The molecule has 0 saturated carbocycles. The van der Waals surface area contributed by atoms with Crippen molar-refractivity contribution >= 4 is 6.29 Å². The third-order valence-corrected chi connectivity index (χ3v) is 0.913. The summed E-state index contributed by atoms with van der Waals surface area (Å²) in [4.78, 5) is 9.80. The van der Waals surface area contributed by atoms with Crippen molar-refractivity contribution in [2.75, 3.05) is 13.7 Å². The second-order valence-corrected chi connectivity index (χ2v) is 1.77. The first-order chi connectivity index (χ1) is 4.81.